The lowest BCUT2D eigenvalue weighted by Gasteiger charge is -2.22. The lowest BCUT2D eigenvalue weighted by Crippen LogP contribution is -2.30. The molecule has 1 atom stereocenters. The van der Waals surface area contributed by atoms with Gasteiger partial charge in [0.25, 0.3) is 5.56 Å². The van der Waals surface area contributed by atoms with Gasteiger partial charge in [0.15, 0.2) is 5.65 Å². The lowest BCUT2D eigenvalue weighted by atomic mass is 9.99. The van der Waals surface area contributed by atoms with E-state index < -0.39 is 0 Å². The van der Waals surface area contributed by atoms with Crippen LogP contribution in [0.5, 0.6) is 5.75 Å². The molecular formula is C23H27N3O2. The Hall–Kier alpha value is -2.69. The average molecular weight is 377 g/mol. The van der Waals surface area contributed by atoms with E-state index in [2.05, 4.69) is 24.9 Å². The Kier molecular flexibility index (Phi) is 4.92. The minimum Gasteiger partial charge on any atom is -0.497 e. The van der Waals surface area contributed by atoms with Crippen LogP contribution in [0.4, 0.5) is 0 Å². The summed E-state index contributed by atoms with van der Waals surface area (Å²) in [6.07, 6.45) is 6.23. The lowest BCUT2D eigenvalue weighted by molar-refractivity contribution is 0.408. The van der Waals surface area contributed by atoms with E-state index >= 15 is 0 Å². The third kappa shape index (κ3) is 3.19. The van der Waals surface area contributed by atoms with Crippen molar-refractivity contribution >= 4 is 11.2 Å². The Morgan fingerprint density at radius 3 is 2.64 bits per heavy atom. The van der Waals surface area contributed by atoms with E-state index in [1.54, 1.807) is 13.3 Å². The van der Waals surface area contributed by atoms with Gasteiger partial charge < -0.3 is 4.74 Å². The summed E-state index contributed by atoms with van der Waals surface area (Å²) in [7, 11) is 1.67. The van der Waals surface area contributed by atoms with Crippen LogP contribution in [0.3, 0.4) is 0 Å². The fourth-order valence-corrected chi connectivity index (χ4v) is 4.16. The Morgan fingerprint density at radius 1 is 1.21 bits per heavy atom. The average Bonchev–Trinajstić information content (AvgIpc) is 3.53. The monoisotopic (exact) mass is 377 g/mol. The molecule has 1 saturated carbocycles. The topological polar surface area (TPSA) is 57.0 Å². The number of hydrogen-bond acceptors (Lipinski definition) is 4. The predicted octanol–water partition coefficient (Wildman–Crippen LogP) is 4.84. The van der Waals surface area contributed by atoms with Gasteiger partial charge in [-0.3, -0.25) is 9.36 Å². The second kappa shape index (κ2) is 7.38. The maximum Gasteiger partial charge on any atom is 0.273 e. The standard InChI is InChI=1S/C23H27N3O2/c1-5-6-20(16-7-8-16)26-22-21(25-15(3)23(26)27)19(11-12-24-22)18-10-9-17(28-4)13-14(18)2/h9-13,16,20H,5-8H2,1-4H3/t20-/m1/s1. The van der Waals surface area contributed by atoms with Crippen molar-refractivity contribution in [1.29, 1.82) is 0 Å². The Morgan fingerprint density at radius 2 is 2.00 bits per heavy atom. The molecule has 1 fully saturated rings. The molecule has 0 radical (unpaired) electrons. The number of pyridine rings is 1. The molecule has 1 aliphatic carbocycles. The predicted molar refractivity (Wildman–Crippen MR) is 112 cm³/mol. The van der Waals surface area contributed by atoms with Crippen molar-refractivity contribution in [1.82, 2.24) is 14.5 Å². The van der Waals surface area contributed by atoms with E-state index in [-0.39, 0.29) is 11.6 Å². The molecule has 0 aliphatic heterocycles. The number of ether oxygens (including phenoxy) is 1. The molecule has 0 N–H and O–H groups in total. The van der Waals surface area contributed by atoms with Crippen LogP contribution in [0, 0.1) is 19.8 Å². The number of fused-ring (bicyclic) bond motifs is 1. The fourth-order valence-electron chi connectivity index (χ4n) is 4.16. The molecule has 3 aromatic rings. The minimum atomic E-state index is -0.00560. The smallest absolute Gasteiger partial charge is 0.273 e. The van der Waals surface area contributed by atoms with Crippen LogP contribution in [0.25, 0.3) is 22.3 Å². The molecule has 5 nitrogen and oxygen atoms in total. The number of methoxy groups -OCH3 is 1. The van der Waals surface area contributed by atoms with Gasteiger partial charge in [0.1, 0.15) is 17.0 Å². The Labute approximate surface area is 165 Å². The molecule has 1 aliphatic rings. The molecule has 0 unspecified atom stereocenters. The second-order valence-electron chi connectivity index (χ2n) is 7.78. The molecule has 0 bridgehead atoms. The SMILES string of the molecule is CCC[C@H](C1CC1)n1c(=O)c(C)nc2c(-c3ccc(OC)cc3C)ccnc21. The number of aromatic nitrogens is 3. The van der Waals surface area contributed by atoms with Gasteiger partial charge in [-0.15, -0.1) is 0 Å². The van der Waals surface area contributed by atoms with Gasteiger partial charge in [0.2, 0.25) is 0 Å². The molecule has 4 rings (SSSR count). The van der Waals surface area contributed by atoms with Crippen molar-refractivity contribution < 1.29 is 4.74 Å². The van der Waals surface area contributed by atoms with Gasteiger partial charge in [0.05, 0.1) is 7.11 Å². The van der Waals surface area contributed by atoms with Crippen LogP contribution in [0.2, 0.25) is 0 Å². The zero-order valence-corrected chi connectivity index (χ0v) is 17.0. The van der Waals surface area contributed by atoms with Gasteiger partial charge in [-0.25, -0.2) is 9.97 Å². The summed E-state index contributed by atoms with van der Waals surface area (Å²) in [6.45, 7) is 6.05. The van der Waals surface area contributed by atoms with Crippen molar-refractivity contribution in [3.63, 3.8) is 0 Å². The summed E-state index contributed by atoms with van der Waals surface area (Å²) < 4.78 is 7.28. The van der Waals surface area contributed by atoms with Crippen LogP contribution >= 0.6 is 0 Å². The Balaban J connectivity index is 1.97. The first-order valence-corrected chi connectivity index (χ1v) is 10.1. The highest BCUT2D eigenvalue weighted by Gasteiger charge is 2.34. The first kappa shape index (κ1) is 18.7. The fraction of sp³-hybridized carbons (Fsp3) is 0.435. The van der Waals surface area contributed by atoms with Crippen LogP contribution in [0.1, 0.15) is 49.9 Å². The third-order valence-electron chi connectivity index (χ3n) is 5.75. The van der Waals surface area contributed by atoms with Gasteiger partial charge in [0, 0.05) is 17.8 Å². The van der Waals surface area contributed by atoms with Gasteiger partial charge in [-0.2, -0.15) is 0 Å². The molecule has 2 aromatic heterocycles. The van der Waals surface area contributed by atoms with Crippen molar-refractivity contribution in [2.75, 3.05) is 7.11 Å². The maximum absolute atomic E-state index is 13.1. The first-order valence-electron chi connectivity index (χ1n) is 10.1. The largest absolute Gasteiger partial charge is 0.497 e. The van der Waals surface area contributed by atoms with E-state index in [1.165, 1.54) is 12.8 Å². The number of rotatable bonds is 6. The summed E-state index contributed by atoms with van der Waals surface area (Å²) in [5.41, 5.74) is 5.24. The summed E-state index contributed by atoms with van der Waals surface area (Å²) >= 11 is 0. The summed E-state index contributed by atoms with van der Waals surface area (Å²) in [5, 5.41) is 0. The molecule has 0 saturated heterocycles. The van der Waals surface area contributed by atoms with Crippen molar-refractivity contribution in [2.45, 2.75) is 52.5 Å². The van der Waals surface area contributed by atoms with Crippen LogP contribution in [0.15, 0.2) is 35.3 Å². The summed E-state index contributed by atoms with van der Waals surface area (Å²) in [5.74, 6) is 1.41. The van der Waals surface area contributed by atoms with Crippen LogP contribution in [-0.4, -0.2) is 21.6 Å². The van der Waals surface area contributed by atoms with Gasteiger partial charge >= 0.3 is 0 Å². The van der Waals surface area contributed by atoms with Gasteiger partial charge in [-0.1, -0.05) is 19.4 Å². The molecular weight excluding hydrogens is 350 g/mol. The van der Waals surface area contributed by atoms with E-state index in [0.717, 1.165) is 40.8 Å². The number of hydrogen-bond donors (Lipinski definition) is 0. The van der Waals surface area contributed by atoms with E-state index in [0.29, 0.717) is 17.3 Å². The summed E-state index contributed by atoms with van der Waals surface area (Å²) in [6, 6.07) is 8.24. The van der Waals surface area contributed by atoms with Crippen molar-refractivity contribution in [3.05, 3.63) is 52.1 Å². The molecule has 5 heteroatoms. The van der Waals surface area contributed by atoms with Crippen LogP contribution < -0.4 is 10.3 Å². The molecule has 1 aromatic carbocycles. The van der Waals surface area contributed by atoms with Gasteiger partial charge in [-0.05, 0) is 68.4 Å². The highest BCUT2D eigenvalue weighted by atomic mass is 16.5. The summed E-state index contributed by atoms with van der Waals surface area (Å²) in [4.78, 5) is 22.4. The van der Waals surface area contributed by atoms with E-state index in [9.17, 15) is 4.79 Å². The highest BCUT2D eigenvalue weighted by molar-refractivity contribution is 5.90. The molecule has 28 heavy (non-hydrogen) atoms. The number of benzene rings is 1. The van der Waals surface area contributed by atoms with Crippen molar-refractivity contribution in [3.8, 4) is 16.9 Å². The maximum atomic E-state index is 13.1. The second-order valence-corrected chi connectivity index (χ2v) is 7.78. The first-order chi connectivity index (χ1) is 13.5. The quantitative estimate of drug-likeness (QED) is 0.617. The number of aryl methyl sites for hydroxylation is 2. The zero-order chi connectivity index (χ0) is 19.8. The van der Waals surface area contributed by atoms with Crippen molar-refractivity contribution in [2.24, 2.45) is 5.92 Å². The zero-order valence-electron chi connectivity index (χ0n) is 17.0. The molecule has 146 valence electrons. The Bertz CT molecular complexity index is 1080. The third-order valence-corrected chi connectivity index (χ3v) is 5.75. The van der Waals surface area contributed by atoms with E-state index in [4.69, 9.17) is 9.72 Å². The minimum absolute atomic E-state index is 0.00560. The molecule has 0 spiro atoms. The molecule has 2 heterocycles. The molecule has 0 amide bonds. The normalized spacial score (nSPS) is 15.0. The van der Waals surface area contributed by atoms with E-state index in [1.807, 2.05) is 29.7 Å². The highest BCUT2D eigenvalue weighted by Crippen LogP contribution is 2.42. The number of nitrogens with zero attached hydrogens (tertiary/aromatic N) is 3. The van der Waals surface area contributed by atoms with Crippen LogP contribution in [-0.2, 0) is 0 Å².